The molecule has 20 heavy (non-hydrogen) atoms. The van der Waals surface area contributed by atoms with Crippen molar-refractivity contribution < 1.29 is 4.74 Å². The van der Waals surface area contributed by atoms with Gasteiger partial charge in [-0.1, -0.05) is 0 Å². The maximum Gasteiger partial charge on any atom is 0.225 e. The van der Waals surface area contributed by atoms with E-state index in [0.29, 0.717) is 0 Å². The number of nitrogens with zero attached hydrogens (tertiary/aromatic N) is 4. The minimum absolute atomic E-state index is 0.735. The maximum atomic E-state index is 5.46. The molecule has 3 heterocycles. The zero-order chi connectivity index (χ0) is 13.9. The molecule has 0 saturated carbocycles. The van der Waals surface area contributed by atoms with Crippen molar-refractivity contribution in [2.24, 2.45) is 5.92 Å². The molecule has 1 atom stereocenters. The van der Waals surface area contributed by atoms with Crippen LogP contribution < -0.4 is 4.90 Å². The quantitative estimate of drug-likeness (QED) is 0.831. The Kier molecular flexibility index (Phi) is 4.17. The first-order valence-electron chi connectivity index (χ1n) is 7.58. The lowest BCUT2D eigenvalue weighted by atomic mass is 10.1. The van der Waals surface area contributed by atoms with E-state index in [1.165, 1.54) is 13.0 Å². The highest BCUT2D eigenvalue weighted by Crippen LogP contribution is 2.17. The molecule has 0 aliphatic carbocycles. The molecule has 2 saturated heterocycles. The van der Waals surface area contributed by atoms with E-state index >= 15 is 0 Å². The van der Waals surface area contributed by atoms with Gasteiger partial charge in [0.1, 0.15) is 0 Å². The van der Waals surface area contributed by atoms with Gasteiger partial charge in [-0.25, -0.2) is 9.97 Å². The average Bonchev–Trinajstić information content (AvgIpc) is 2.91. The number of anilines is 1. The monoisotopic (exact) mass is 276 g/mol. The van der Waals surface area contributed by atoms with Gasteiger partial charge in [-0.05, 0) is 32.3 Å². The number of hydrogen-bond donors (Lipinski definition) is 0. The van der Waals surface area contributed by atoms with E-state index in [1.807, 2.05) is 19.9 Å². The minimum atomic E-state index is 0.735. The predicted molar refractivity (Wildman–Crippen MR) is 79.1 cm³/mol. The molecule has 1 aromatic rings. The standard InChI is InChI=1S/C15H24N4O/c1-12-9-13(2)17-15(16-12)19-6-4-18(5-7-19)10-14-3-8-20-11-14/h9,14H,3-8,10-11H2,1-2H3. The molecule has 0 aromatic carbocycles. The van der Waals surface area contributed by atoms with Crippen LogP contribution in [0.4, 0.5) is 5.95 Å². The molecule has 0 amide bonds. The van der Waals surface area contributed by atoms with Crippen LogP contribution in [-0.2, 0) is 4.74 Å². The van der Waals surface area contributed by atoms with Crippen molar-refractivity contribution in [3.05, 3.63) is 17.5 Å². The highest BCUT2D eigenvalue weighted by atomic mass is 16.5. The molecule has 110 valence electrons. The molecule has 5 heteroatoms. The lowest BCUT2D eigenvalue weighted by Gasteiger charge is -2.35. The van der Waals surface area contributed by atoms with E-state index in [2.05, 4.69) is 19.8 Å². The van der Waals surface area contributed by atoms with E-state index in [0.717, 1.165) is 62.6 Å². The number of ether oxygens (including phenoxy) is 1. The van der Waals surface area contributed by atoms with Crippen molar-refractivity contribution in [1.29, 1.82) is 0 Å². The predicted octanol–water partition coefficient (Wildman–Crippen LogP) is 1.25. The van der Waals surface area contributed by atoms with Crippen molar-refractivity contribution >= 4 is 5.95 Å². The number of aryl methyl sites for hydroxylation is 2. The van der Waals surface area contributed by atoms with Gasteiger partial charge in [0.05, 0.1) is 6.61 Å². The first-order chi connectivity index (χ1) is 9.70. The smallest absolute Gasteiger partial charge is 0.225 e. The van der Waals surface area contributed by atoms with Crippen LogP contribution in [-0.4, -0.2) is 60.8 Å². The van der Waals surface area contributed by atoms with E-state index in [4.69, 9.17) is 4.74 Å². The Morgan fingerprint density at radius 3 is 2.45 bits per heavy atom. The van der Waals surface area contributed by atoms with Gasteiger partial charge in [0.25, 0.3) is 0 Å². The molecule has 2 aliphatic rings. The summed E-state index contributed by atoms with van der Waals surface area (Å²) in [5.74, 6) is 1.63. The lowest BCUT2D eigenvalue weighted by Crippen LogP contribution is -2.48. The largest absolute Gasteiger partial charge is 0.381 e. The lowest BCUT2D eigenvalue weighted by molar-refractivity contribution is 0.164. The molecule has 0 spiro atoms. The van der Waals surface area contributed by atoms with Crippen molar-refractivity contribution in [2.75, 3.05) is 50.8 Å². The number of hydrogen-bond acceptors (Lipinski definition) is 5. The fraction of sp³-hybridized carbons (Fsp3) is 0.733. The van der Waals surface area contributed by atoms with Gasteiger partial charge >= 0.3 is 0 Å². The molecule has 1 unspecified atom stereocenters. The first kappa shape index (κ1) is 13.8. The Labute approximate surface area is 121 Å². The van der Waals surface area contributed by atoms with Crippen molar-refractivity contribution in [2.45, 2.75) is 20.3 Å². The van der Waals surface area contributed by atoms with Gasteiger partial charge in [-0.15, -0.1) is 0 Å². The van der Waals surface area contributed by atoms with Crippen LogP contribution in [0.2, 0.25) is 0 Å². The fourth-order valence-corrected chi connectivity index (χ4v) is 3.07. The van der Waals surface area contributed by atoms with Crippen LogP contribution in [0.3, 0.4) is 0 Å². The third kappa shape index (κ3) is 3.27. The van der Waals surface area contributed by atoms with Crippen molar-refractivity contribution in [1.82, 2.24) is 14.9 Å². The number of piperazine rings is 1. The zero-order valence-corrected chi connectivity index (χ0v) is 12.5. The Balaban J connectivity index is 1.55. The van der Waals surface area contributed by atoms with Crippen molar-refractivity contribution in [3.63, 3.8) is 0 Å². The molecule has 2 fully saturated rings. The first-order valence-corrected chi connectivity index (χ1v) is 7.58. The van der Waals surface area contributed by atoms with Crippen LogP contribution in [0.25, 0.3) is 0 Å². The maximum absolute atomic E-state index is 5.46. The Morgan fingerprint density at radius 2 is 1.85 bits per heavy atom. The topological polar surface area (TPSA) is 41.5 Å². The minimum Gasteiger partial charge on any atom is -0.381 e. The van der Waals surface area contributed by atoms with Gasteiger partial charge in [0.15, 0.2) is 0 Å². The Morgan fingerprint density at radius 1 is 1.15 bits per heavy atom. The second-order valence-corrected chi connectivity index (χ2v) is 5.97. The Bertz CT molecular complexity index is 431. The normalized spacial score (nSPS) is 24.3. The summed E-state index contributed by atoms with van der Waals surface area (Å²) in [6, 6.07) is 2.03. The summed E-state index contributed by atoms with van der Waals surface area (Å²) in [5.41, 5.74) is 2.11. The summed E-state index contributed by atoms with van der Waals surface area (Å²) < 4.78 is 5.46. The SMILES string of the molecule is Cc1cc(C)nc(N2CCN(CC3CCOC3)CC2)n1. The second kappa shape index (κ2) is 6.06. The molecule has 0 radical (unpaired) electrons. The zero-order valence-electron chi connectivity index (χ0n) is 12.5. The summed E-state index contributed by atoms with van der Waals surface area (Å²) in [6.45, 7) is 11.4. The van der Waals surface area contributed by atoms with Gasteiger partial charge in [-0.2, -0.15) is 0 Å². The summed E-state index contributed by atoms with van der Waals surface area (Å²) in [5, 5.41) is 0. The van der Waals surface area contributed by atoms with E-state index < -0.39 is 0 Å². The third-order valence-corrected chi connectivity index (χ3v) is 4.17. The second-order valence-electron chi connectivity index (χ2n) is 5.97. The molecule has 0 N–H and O–H groups in total. The van der Waals surface area contributed by atoms with Crippen molar-refractivity contribution in [3.8, 4) is 0 Å². The van der Waals surface area contributed by atoms with Gasteiger partial charge in [0, 0.05) is 50.7 Å². The molecule has 1 aromatic heterocycles. The summed E-state index contributed by atoms with van der Waals surface area (Å²) >= 11 is 0. The van der Waals surface area contributed by atoms with Crippen LogP contribution >= 0.6 is 0 Å². The third-order valence-electron chi connectivity index (χ3n) is 4.17. The molecule has 2 aliphatic heterocycles. The molecular formula is C15H24N4O. The van der Waals surface area contributed by atoms with E-state index in [1.54, 1.807) is 0 Å². The van der Waals surface area contributed by atoms with Gasteiger partial charge in [-0.3, -0.25) is 4.90 Å². The highest BCUT2D eigenvalue weighted by Gasteiger charge is 2.23. The summed E-state index contributed by atoms with van der Waals surface area (Å²) in [7, 11) is 0. The molecule has 3 rings (SSSR count). The van der Waals surface area contributed by atoms with Crippen LogP contribution in [0.15, 0.2) is 6.07 Å². The average molecular weight is 276 g/mol. The molecule has 0 bridgehead atoms. The van der Waals surface area contributed by atoms with E-state index in [-0.39, 0.29) is 0 Å². The van der Waals surface area contributed by atoms with E-state index in [9.17, 15) is 0 Å². The molecular weight excluding hydrogens is 252 g/mol. The molecule has 5 nitrogen and oxygen atoms in total. The van der Waals surface area contributed by atoms with Gasteiger partial charge < -0.3 is 9.64 Å². The van der Waals surface area contributed by atoms with Crippen LogP contribution in [0, 0.1) is 19.8 Å². The summed E-state index contributed by atoms with van der Waals surface area (Å²) in [6.07, 6.45) is 1.22. The fourth-order valence-electron chi connectivity index (χ4n) is 3.07. The number of rotatable bonds is 3. The Hall–Kier alpha value is -1.20. The summed E-state index contributed by atoms with van der Waals surface area (Å²) in [4.78, 5) is 14.0. The van der Waals surface area contributed by atoms with Crippen LogP contribution in [0.1, 0.15) is 17.8 Å². The van der Waals surface area contributed by atoms with Crippen LogP contribution in [0.5, 0.6) is 0 Å². The van der Waals surface area contributed by atoms with Gasteiger partial charge in [0.2, 0.25) is 5.95 Å². The highest BCUT2D eigenvalue weighted by molar-refractivity contribution is 5.32. The number of aromatic nitrogens is 2.